The lowest BCUT2D eigenvalue weighted by molar-refractivity contribution is 0.199. The predicted octanol–water partition coefficient (Wildman–Crippen LogP) is 3.76. The number of rotatable bonds is 2. The Kier molecular flexibility index (Phi) is 3.67. The summed E-state index contributed by atoms with van der Waals surface area (Å²) in [6.07, 6.45) is -0.565. The van der Waals surface area contributed by atoms with Crippen molar-refractivity contribution in [3.8, 4) is 0 Å². The zero-order valence-corrected chi connectivity index (χ0v) is 10.1. The van der Waals surface area contributed by atoms with Crippen LogP contribution in [0.5, 0.6) is 0 Å². The van der Waals surface area contributed by atoms with Gasteiger partial charge in [-0.25, -0.2) is 4.39 Å². The number of hydrogen-bond donors (Lipinski definition) is 1. The quantitative estimate of drug-likeness (QED) is 0.859. The van der Waals surface area contributed by atoms with Crippen molar-refractivity contribution in [3.05, 3.63) is 33.5 Å². The van der Waals surface area contributed by atoms with Crippen LogP contribution < -0.4 is 0 Å². The predicted molar refractivity (Wildman–Crippen MR) is 58.8 cm³/mol. The summed E-state index contributed by atoms with van der Waals surface area (Å²) in [5.74, 6) is -0.116. The fourth-order valence-corrected chi connectivity index (χ4v) is 1.79. The lowest BCUT2D eigenvalue weighted by atomic mass is 9.98. The smallest absolute Gasteiger partial charge is 0.140 e. The minimum Gasteiger partial charge on any atom is -0.389 e. The number of halogens is 2. The highest BCUT2D eigenvalue weighted by atomic mass is 79.9. The van der Waals surface area contributed by atoms with Crippen LogP contribution in [0.1, 0.15) is 43.9 Å². The number of aliphatic hydroxyl groups is 1. The minimum absolute atomic E-state index is 0.116. The second-order valence-corrected chi connectivity index (χ2v) is 4.59. The van der Waals surface area contributed by atoms with Gasteiger partial charge in [0.2, 0.25) is 0 Å². The van der Waals surface area contributed by atoms with E-state index >= 15 is 0 Å². The molecule has 0 aliphatic rings. The second kappa shape index (κ2) is 4.41. The molecule has 0 aliphatic carbocycles. The monoisotopic (exact) mass is 260 g/mol. The van der Waals surface area contributed by atoms with E-state index in [4.69, 9.17) is 0 Å². The third kappa shape index (κ3) is 2.34. The van der Waals surface area contributed by atoms with Crippen molar-refractivity contribution in [2.24, 2.45) is 0 Å². The normalized spacial score (nSPS) is 13.4. The van der Waals surface area contributed by atoms with Crippen LogP contribution in [0.4, 0.5) is 4.39 Å². The molecule has 1 rings (SSSR count). The van der Waals surface area contributed by atoms with Crippen LogP contribution in [0.2, 0.25) is 0 Å². The first-order valence-electron chi connectivity index (χ1n) is 4.60. The SMILES string of the molecule is CC(C)c1cc(C(C)O)cc(Br)c1F. The Morgan fingerprint density at radius 2 is 1.86 bits per heavy atom. The van der Waals surface area contributed by atoms with Crippen LogP contribution in [0.3, 0.4) is 0 Å². The molecule has 0 fully saturated rings. The fraction of sp³-hybridized carbons (Fsp3) is 0.455. The third-order valence-corrected chi connectivity index (χ3v) is 2.76. The zero-order valence-electron chi connectivity index (χ0n) is 8.51. The summed E-state index contributed by atoms with van der Waals surface area (Å²) in [4.78, 5) is 0. The van der Waals surface area contributed by atoms with Crippen molar-refractivity contribution < 1.29 is 9.50 Å². The first-order chi connectivity index (χ1) is 6.43. The highest BCUT2D eigenvalue weighted by Crippen LogP contribution is 2.29. The van der Waals surface area contributed by atoms with E-state index in [-0.39, 0.29) is 11.7 Å². The van der Waals surface area contributed by atoms with E-state index in [2.05, 4.69) is 15.9 Å². The highest BCUT2D eigenvalue weighted by molar-refractivity contribution is 9.10. The summed E-state index contributed by atoms with van der Waals surface area (Å²) in [7, 11) is 0. The molecular formula is C11H14BrFO. The van der Waals surface area contributed by atoms with E-state index in [0.29, 0.717) is 10.0 Å². The maximum absolute atomic E-state index is 13.6. The molecule has 0 bridgehead atoms. The van der Waals surface area contributed by atoms with Gasteiger partial charge in [-0.3, -0.25) is 0 Å². The van der Waals surface area contributed by atoms with E-state index < -0.39 is 6.10 Å². The van der Waals surface area contributed by atoms with Crippen molar-refractivity contribution in [1.29, 1.82) is 0 Å². The first-order valence-corrected chi connectivity index (χ1v) is 5.39. The van der Waals surface area contributed by atoms with Crippen LogP contribution in [0.15, 0.2) is 16.6 Å². The lowest BCUT2D eigenvalue weighted by Gasteiger charge is -2.13. The molecule has 78 valence electrons. The molecule has 1 aromatic carbocycles. The Morgan fingerprint density at radius 1 is 1.29 bits per heavy atom. The summed E-state index contributed by atoms with van der Waals surface area (Å²) < 4.78 is 14.0. The second-order valence-electron chi connectivity index (χ2n) is 3.74. The maximum Gasteiger partial charge on any atom is 0.140 e. The molecule has 1 unspecified atom stereocenters. The van der Waals surface area contributed by atoms with Crippen LogP contribution in [0.25, 0.3) is 0 Å². The van der Waals surface area contributed by atoms with Gasteiger partial charge < -0.3 is 5.11 Å². The summed E-state index contributed by atoms with van der Waals surface area (Å²) in [6.45, 7) is 5.52. The van der Waals surface area contributed by atoms with Gasteiger partial charge in [-0.15, -0.1) is 0 Å². The molecule has 1 atom stereocenters. The van der Waals surface area contributed by atoms with Crippen molar-refractivity contribution >= 4 is 15.9 Å². The Morgan fingerprint density at radius 3 is 2.29 bits per heavy atom. The van der Waals surface area contributed by atoms with E-state index in [1.807, 2.05) is 13.8 Å². The van der Waals surface area contributed by atoms with Crippen molar-refractivity contribution in [2.45, 2.75) is 32.8 Å². The van der Waals surface area contributed by atoms with Gasteiger partial charge in [-0.1, -0.05) is 13.8 Å². The molecule has 1 aromatic rings. The largest absolute Gasteiger partial charge is 0.389 e. The molecule has 0 saturated heterocycles. The fourth-order valence-electron chi connectivity index (χ4n) is 1.29. The van der Waals surface area contributed by atoms with E-state index in [1.165, 1.54) is 0 Å². The van der Waals surface area contributed by atoms with Gasteiger partial charge in [0.1, 0.15) is 5.82 Å². The number of benzene rings is 1. The van der Waals surface area contributed by atoms with Crippen LogP contribution in [0, 0.1) is 5.82 Å². The molecule has 14 heavy (non-hydrogen) atoms. The van der Waals surface area contributed by atoms with Gasteiger partial charge in [0.05, 0.1) is 10.6 Å². The van der Waals surface area contributed by atoms with E-state index in [9.17, 15) is 9.50 Å². The summed E-state index contributed by atoms with van der Waals surface area (Å²) in [5.41, 5.74) is 1.37. The summed E-state index contributed by atoms with van der Waals surface area (Å²) >= 11 is 3.15. The topological polar surface area (TPSA) is 20.2 Å². The zero-order chi connectivity index (χ0) is 10.9. The van der Waals surface area contributed by atoms with Crippen LogP contribution in [-0.4, -0.2) is 5.11 Å². The van der Waals surface area contributed by atoms with Gasteiger partial charge in [0.25, 0.3) is 0 Å². The van der Waals surface area contributed by atoms with Crippen LogP contribution >= 0.6 is 15.9 Å². The molecule has 3 heteroatoms. The van der Waals surface area contributed by atoms with Crippen molar-refractivity contribution in [3.63, 3.8) is 0 Å². The molecule has 0 radical (unpaired) electrons. The Hall–Kier alpha value is -0.410. The van der Waals surface area contributed by atoms with Gasteiger partial charge in [-0.2, -0.15) is 0 Å². The number of hydrogen-bond acceptors (Lipinski definition) is 1. The Balaban J connectivity index is 3.28. The van der Waals surface area contributed by atoms with Gasteiger partial charge in [-0.05, 0) is 52.0 Å². The molecule has 1 nitrogen and oxygen atoms in total. The molecule has 0 aromatic heterocycles. The van der Waals surface area contributed by atoms with Crippen molar-refractivity contribution in [1.82, 2.24) is 0 Å². The summed E-state index contributed by atoms with van der Waals surface area (Å²) in [6, 6.07) is 3.33. The average Bonchev–Trinajstić information content (AvgIpc) is 2.08. The van der Waals surface area contributed by atoms with Gasteiger partial charge in [0, 0.05) is 0 Å². The Labute approximate surface area is 92.1 Å². The Bertz CT molecular complexity index is 334. The van der Waals surface area contributed by atoms with Crippen LogP contribution in [-0.2, 0) is 0 Å². The van der Waals surface area contributed by atoms with Crippen molar-refractivity contribution in [2.75, 3.05) is 0 Å². The summed E-state index contributed by atoms with van der Waals surface area (Å²) in [5, 5.41) is 9.40. The molecule has 0 saturated carbocycles. The maximum atomic E-state index is 13.6. The van der Waals surface area contributed by atoms with Gasteiger partial charge in [0.15, 0.2) is 0 Å². The van der Waals surface area contributed by atoms with E-state index in [1.54, 1.807) is 19.1 Å². The molecule has 0 amide bonds. The molecule has 0 aliphatic heterocycles. The molecular weight excluding hydrogens is 247 g/mol. The minimum atomic E-state index is -0.565. The van der Waals surface area contributed by atoms with Gasteiger partial charge >= 0.3 is 0 Å². The average molecular weight is 261 g/mol. The lowest BCUT2D eigenvalue weighted by Crippen LogP contribution is -1.99. The standard InChI is InChI=1S/C11H14BrFO/c1-6(2)9-4-8(7(3)14)5-10(12)11(9)13/h4-7,14H,1-3H3. The highest BCUT2D eigenvalue weighted by Gasteiger charge is 2.13. The molecule has 0 heterocycles. The first kappa shape index (κ1) is 11.7. The van der Waals surface area contributed by atoms with E-state index in [0.717, 1.165) is 5.56 Å². The molecule has 0 spiro atoms. The number of aliphatic hydroxyl groups excluding tert-OH is 1. The molecule has 1 N–H and O–H groups in total. The third-order valence-electron chi connectivity index (χ3n) is 2.18.